The quantitative estimate of drug-likeness (QED) is 0.467. The summed E-state index contributed by atoms with van der Waals surface area (Å²) in [5.41, 5.74) is 3.41. The van der Waals surface area contributed by atoms with Crippen LogP contribution in [0.1, 0.15) is 11.3 Å². The molecule has 0 aliphatic rings. The first-order chi connectivity index (χ1) is 13.1. The first-order valence-corrected chi connectivity index (χ1v) is 8.58. The molecule has 0 fully saturated rings. The zero-order valence-electron chi connectivity index (χ0n) is 14.7. The SMILES string of the molecule is Cc1cc2ccccc2n1-c1nncc(NCc2cccc(B(O)O)c2)n1. The highest BCUT2D eigenvalue weighted by Crippen LogP contribution is 2.22. The highest BCUT2D eigenvalue weighted by molar-refractivity contribution is 6.58. The first kappa shape index (κ1) is 17.2. The van der Waals surface area contributed by atoms with Crippen molar-refractivity contribution in [3.63, 3.8) is 0 Å². The van der Waals surface area contributed by atoms with Crippen LogP contribution < -0.4 is 10.8 Å². The monoisotopic (exact) mass is 359 g/mol. The molecule has 7 nitrogen and oxygen atoms in total. The zero-order valence-corrected chi connectivity index (χ0v) is 14.7. The Bertz CT molecular complexity index is 1100. The number of anilines is 1. The van der Waals surface area contributed by atoms with Crippen LogP contribution in [-0.2, 0) is 6.54 Å². The molecule has 0 unspecified atom stereocenters. The minimum absolute atomic E-state index is 0.449. The van der Waals surface area contributed by atoms with Crippen LogP contribution in [0.2, 0.25) is 0 Å². The molecule has 0 aliphatic carbocycles. The molecule has 4 rings (SSSR count). The molecule has 8 heteroatoms. The Kier molecular flexibility index (Phi) is 4.58. The summed E-state index contributed by atoms with van der Waals surface area (Å²) in [4.78, 5) is 4.58. The van der Waals surface area contributed by atoms with Crippen molar-refractivity contribution in [1.29, 1.82) is 0 Å². The smallest absolute Gasteiger partial charge is 0.423 e. The molecular formula is C19H18BN5O2. The number of hydrogen-bond donors (Lipinski definition) is 3. The van der Waals surface area contributed by atoms with Gasteiger partial charge in [-0.25, -0.2) is 0 Å². The van der Waals surface area contributed by atoms with Gasteiger partial charge in [0.25, 0.3) is 5.95 Å². The fourth-order valence-corrected chi connectivity index (χ4v) is 3.09. The Morgan fingerprint density at radius 3 is 2.78 bits per heavy atom. The minimum atomic E-state index is -1.48. The highest BCUT2D eigenvalue weighted by atomic mass is 16.4. The molecule has 0 saturated carbocycles. The second kappa shape index (κ2) is 7.18. The third-order valence-corrected chi connectivity index (χ3v) is 4.37. The maximum atomic E-state index is 9.29. The molecule has 2 aromatic heterocycles. The van der Waals surface area contributed by atoms with E-state index in [0.717, 1.165) is 22.2 Å². The second-order valence-corrected chi connectivity index (χ2v) is 6.29. The van der Waals surface area contributed by atoms with Gasteiger partial charge in [0.2, 0.25) is 0 Å². The number of nitrogens with zero attached hydrogens (tertiary/aromatic N) is 4. The molecule has 4 aromatic rings. The van der Waals surface area contributed by atoms with Gasteiger partial charge in [0.15, 0.2) is 5.82 Å². The Morgan fingerprint density at radius 2 is 1.93 bits per heavy atom. The molecular weight excluding hydrogens is 341 g/mol. The van der Waals surface area contributed by atoms with Crippen molar-refractivity contribution in [3.05, 3.63) is 72.1 Å². The van der Waals surface area contributed by atoms with Crippen molar-refractivity contribution in [2.75, 3.05) is 5.32 Å². The molecule has 27 heavy (non-hydrogen) atoms. The number of aryl methyl sites for hydroxylation is 1. The normalized spacial score (nSPS) is 10.9. The van der Waals surface area contributed by atoms with Gasteiger partial charge in [-0.05, 0) is 30.1 Å². The topological polar surface area (TPSA) is 96.1 Å². The molecule has 2 aromatic carbocycles. The summed E-state index contributed by atoms with van der Waals surface area (Å²) in [5, 5.41) is 31.2. The van der Waals surface area contributed by atoms with E-state index in [2.05, 4.69) is 32.6 Å². The molecule has 134 valence electrons. The Morgan fingerprint density at radius 1 is 1.07 bits per heavy atom. The van der Waals surface area contributed by atoms with E-state index in [1.54, 1.807) is 24.4 Å². The summed E-state index contributed by atoms with van der Waals surface area (Å²) in [6, 6.07) is 17.2. The molecule has 3 N–H and O–H groups in total. The van der Waals surface area contributed by atoms with Crippen molar-refractivity contribution in [2.24, 2.45) is 0 Å². The lowest BCUT2D eigenvalue weighted by Gasteiger charge is -2.09. The number of hydrogen-bond acceptors (Lipinski definition) is 6. The minimum Gasteiger partial charge on any atom is -0.423 e. The fraction of sp³-hybridized carbons (Fsp3) is 0.105. The average Bonchev–Trinajstić information content (AvgIpc) is 3.02. The van der Waals surface area contributed by atoms with Gasteiger partial charge in [-0.2, -0.15) is 10.1 Å². The lowest BCUT2D eigenvalue weighted by atomic mass is 9.80. The van der Waals surface area contributed by atoms with Crippen molar-refractivity contribution >= 4 is 29.3 Å². The maximum Gasteiger partial charge on any atom is 0.488 e. The summed E-state index contributed by atoms with van der Waals surface area (Å²) in [6.45, 7) is 2.49. The molecule has 0 bridgehead atoms. The van der Waals surface area contributed by atoms with Gasteiger partial charge in [-0.3, -0.25) is 4.57 Å². The van der Waals surface area contributed by atoms with E-state index in [1.165, 1.54) is 0 Å². The van der Waals surface area contributed by atoms with Gasteiger partial charge in [0.1, 0.15) is 0 Å². The predicted molar refractivity (Wildman–Crippen MR) is 105 cm³/mol. The number of aromatic nitrogens is 4. The largest absolute Gasteiger partial charge is 0.488 e. The number of benzene rings is 2. The van der Waals surface area contributed by atoms with Gasteiger partial charge in [-0.15, -0.1) is 5.10 Å². The van der Waals surface area contributed by atoms with Crippen LogP contribution >= 0.6 is 0 Å². The van der Waals surface area contributed by atoms with E-state index in [9.17, 15) is 10.0 Å². The summed E-state index contributed by atoms with van der Waals surface area (Å²) >= 11 is 0. The van der Waals surface area contributed by atoms with Crippen LogP contribution in [0, 0.1) is 6.92 Å². The number of rotatable bonds is 5. The van der Waals surface area contributed by atoms with Crippen LogP contribution in [0.3, 0.4) is 0 Å². The van der Waals surface area contributed by atoms with Gasteiger partial charge in [-0.1, -0.05) is 42.5 Å². The van der Waals surface area contributed by atoms with E-state index < -0.39 is 7.12 Å². The standard InChI is InChI=1S/C19H18BN5O2/c1-13-9-15-6-2-3-8-17(15)25(13)19-23-18(12-22-24-19)21-11-14-5-4-7-16(10-14)20(26)27/h2-10,12,26-27H,11H2,1H3,(H,21,23,24). The van der Waals surface area contributed by atoms with Crippen LogP contribution in [0.5, 0.6) is 0 Å². The van der Waals surface area contributed by atoms with E-state index in [1.807, 2.05) is 35.8 Å². The van der Waals surface area contributed by atoms with Crippen molar-refractivity contribution < 1.29 is 10.0 Å². The average molecular weight is 359 g/mol. The summed E-state index contributed by atoms with van der Waals surface area (Å²) < 4.78 is 1.97. The maximum absolute atomic E-state index is 9.29. The van der Waals surface area contributed by atoms with Gasteiger partial charge in [0.05, 0.1) is 11.7 Å². The van der Waals surface area contributed by atoms with E-state index >= 15 is 0 Å². The van der Waals surface area contributed by atoms with E-state index in [0.29, 0.717) is 23.8 Å². The second-order valence-electron chi connectivity index (χ2n) is 6.29. The van der Waals surface area contributed by atoms with Crippen LogP contribution in [0.25, 0.3) is 16.9 Å². The Hall–Kier alpha value is -3.23. The van der Waals surface area contributed by atoms with Crippen molar-refractivity contribution in [3.8, 4) is 5.95 Å². The van der Waals surface area contributed by atoms with Crippen LogP contribution in [0.15, 0.2) is 60.8 Å². The van der Waals surface area contributed by atoms with Crippen LogP contribution in [0.4, 0.5) is 5.82 Å². The summed E-state index contributed by atoms with van der Waals surface area (Å²) in [5.74, 6) is 1.09. The van der Waals surface area contributed by atoms with Crippen LogP contribution in [-0.4, -0.2) is 36.9 Å². The molecule has 0 aliphatic heterocycles. The number of para-hydroxylation sites is 1. The number of fused-ring (bicyclic) bond motifs is 1. The molecule has 0 atom stereocenters. The van der Waals surface area contributed by atoms with Gasteiger partial charge < -0.3 is 15.4 Å². The highest BCUT2D eigenvalue weighted by Gasteiger charge is 2.12. The third kappa shape index (κ3) is 3.53. The summed E-state index contributed by atoms with van der Waals surface area (Å²) in [6.07, 6.45) is 1.56. The molecule has 2 heterocycles. The number of nitrogens with one attached hydrogen (secondary N) is 1. The summed E-state index contributed by atoms with van der Waals surface area (Å²) in [7, 11) is -1.48. The lowest BCUT2D eigenvalue weighted by molar-refractivity contribution is 0.425. The van der Waals surface area contributed by atoms with Gasteiger partial charge in [0, 0.05) is 17.6 Å². The zero-order chi connectivity index (χ0) is 18.8. The predicted octanol–water partition coefficient (Wildman–Crippen LogP) is 1.42. The molecule has 0 saturated heterocycles. The van der Waals surface area contributed by atoms with Crippen molar-refractivity contribution in [2.45, 2.75) is 13.5 Å². The molecule has 0 amide bonds. The third-order valence-electron chi connectivity index (χ3n) is 4.37. The molecule has 0 radical (unpaired) electrons. The first-order valence-electron chi connectivity index (χ1n) is 8.58. The Labute approximate surface area is 156 Å². The van der Waals surface area contributed by atoms with Crippen molar-refractivity contribution in [1.82, 2.24) is 19.7 Å². The van der Waals surface area contributed by atoms with E-state index in [4.69, 9.17) is 0 Å². The molecule has 0 spiro atoms. The van der Waals surface area contributed by atoms with E-state index in [-0.39, 0.29) is 0 Å². The lowest BCUT2D eigenvalue weighted by Crippen LogP contribution is -2.30. The fourth-order valence-electron chi connectivity index (χ4n) is 3.09. The van der Waals surface area contributed by atoms with Gasteiger partial charge >= 0.3 is 7.12 Å². The Balaban J connectivity index is 1.60.